The van der Waals surface area contributed by atoms with E-state index in [0.29, 0.717) is 36.4 Å². The quantitative estimate of drug-likeness (QED) is 0.603. The third-order valence-electron chi connectivity index (χ3n) is 3.53. The van der Waals surface area contributed by atoms with E-state index < -0.39 is 11.0 Å². The van der Waals surface area contributed by atoms with Crippen LogP contribution in [0.2, 0.25) is 0 Å². The summed E-state index contributed by atoms with van der Waals surface area (Å²) in [5.74, 6) is -0.150. The van der Waals surface area contributed by atoms with Gasteiger partial charge in [0.2, 0.25) is 5.91 Å². The van der Waals surface area contributed by atoms with Crippen LogP contribution in [0.5, 0.6) is 0 Å². The van der Waals surface area contributed by atoms with Crippen molar-refractivity contribution in [2.75, 3.05) is 23.3 Å². The molecule has 7 heteroatoms. The highest BCUT2D eigenvalue weighted by Gasteiger charge is 2.30. The lowest BCUT2D eigenvalue weighted by Gasteiger charge is -2.18. The highest BCUT2D eigenvalue weighted by molar-refractivity contribution is 6.00. The molecule has 1 amide bonds. The number of β-amino-alcohol motifs (C(OH)–C–C–N with tert-alkyl or cyclic N) is 1. The van der Waals surface area contributed by atoms with E-state index in [1.165, 1.54) is 6.07 Å². The molecule has 1 saturated heterocycles. The number of nitro benzene ring substituents is 1. The smallest absolute Gasteiger partial charge is 0.292 e. The van der Waals surface area contributed by atoms with Crippen molar-refractivity contribution in [2.24, 2.45) is 0 Å². The SMILES string of the molecule is O=C1Cc2cc([N+](=O)[O-])c(N3CC[C@@H](O)C3)cc2N1. The van der Waals surface area contributed by atoms with Crippen molar-refractivity contribution in [1.29, 1.82) is 0 Å². The molecule has 100 valence electrons. The standard InChI is InChI=1S/C12H13N3O4/c16-8-1-2-14(6-8)10-5-9-7(4-12(17)13-9)3-11(10)15(18)19/h3,5,8,16H,1-2,4,6H2,(H,13,17)/t8-/m1/s1. The van der Waals surface area contributed by atoms with Gasteiger partial charge >= 0.3 is 0 Å². The molecule has 2 heterocycles. The van der Waals surface area contributed by atoms with Gasteiger partial charge in [0.05, 0.1) is 17.4 Å². The van der Waals surface area contributed by atoms with E-state index >= 15 is 0 Å². The molecule has 3 rings (SSSR count). The molecule has 1 atom stereocenters. The molecule has 0 saturated carbocycles. The molecule has 2 aliphatic heterocycles. The summed E-state index contributed by atoms with van der Waals surface area (Å²) in [6.07, 6.45) is 0.321. The van der Waals surface area contributed by atoms with Crippen molar-refractivity contribution >= 4 is 23.0 Å². The van der Waals surface area contributed by atoms with Crippen molar-refractivity contribution in [3.05, 3.63) is 27.8 Å². The van der Waals surface area contributed by atoms with Crippen LogP contribution in [0.4, 0.5) is 17.1 Å². The first-order chi connectivity index (χ1) is 9.04. The van der Waals surface area contributed by atoms with Crippen LogP contribution in [0.25, 0.3) is 0 Å². The van der Waals surface area contributed by atoms with Gasteiger partial charge in [-0.15, -0.1) is 0 Å². The molecule has 1 aromatic rings. The zero-order chi connectivity index (χ0) is 13.6. The van der Waals surface area contributed by atoms with Gasteiger partial charge < -0.3 is 15.3 Å². The number of rotatable bonds is 2. The minimum Gasteiger partial charge on any atom is -0.391 e. The number of nitro groups is 1. The number of nitrogens with zero attached hydrogens (tertiary/aromatic N) is 2. The predicted octanol–water partition coefficient (Wildman–Crippen LogP) is 0.660. The van der Waals surface area contributed by atoms with Crippen molar-refractivity contribution < 1.29 is 14.8 Å². The number of hydrogen-bond donors (Lipinski definition) is 2. The predicted molar refractivity (Wildman–Crippen MR) is 68.3 cm³/mol. The van der Waals surface area contributed by atoms with E-state index in [4.69, 9.17) is 0 Å². The molecule has 0 aliphatic carbocycles. The number of benzene rings is 1. The summed E-state index contributed by atoms with van der Waals surface area (Å²) in [4.78, 5) is 23.8. The molecular formula is C12H13N3O4. The third kappa shape index (κ3) is 2.01. The Balaban J connectivity index is 2.05. The molecule has 1 aromatic carbocycles. The Morgan fingerprint density at radius 3 is 2.89 bits per heavy atom. The topological polar surface area (TPSA) is 95.7 Å². The maximum absolute atomic E-state index is 11.3. The summed E-state index contributed by atoms with van der Waals surface area (Å²) < 4.78 is 0. The van der Waals surface area contributed by atoms with E-state index in [9.17, 15) is 20.0 Å². The number of aliphatic hydroxyl groups excluding tert-OH is 1. The second-order valence-electron chi connectivity index (χ2n) is 4.87. The van der Waals surface area contributed by atoms with Gasteiger partial charge in [-0.1, -0.05) is 0 Å². The average Bonchev–Trinajstić information content (AvgIpc) is 2.91. The zero-order valence-electron chi connectivity index (χ0n) is 10.1. The monoisotopic (exact) mass is 263 g/mol. The van der Waals surface area contributed by atoms with Gasteiger partial charge in [0.1, 0.15) is 5.69 Å². The lowest BCUT2D eigenvalue weighted by Crippen LogP contribution is -2.22. The van der Waals surface area contributed by atoms with Crippen LogP contribution in [-0.4, -0.2) is 35.1 Å². The number of fused-ring (bicyclic) bond motifs is 1. The van der Waals surface area contributed by atoms with Crippen molar-refractivity contribution in [3.8, 4) is 0 Å². The molecule has 0 unspecified atom stereocenters. The van der Waals surface area contributed by atoms with Gasteiger partial charge in [-0.3, -0.25) is 14.9 Å². The largest absolute Gasteiger partial charge is 0.391 e. The Hall–Kier alpha value is -2.15. The van der Waals surface area contributed by atoms with Crippen LogP contribution in [0.3, 0.4) is 0 Å². The highest BCUT2D eigenvalue weighted by Crippen LogP contribution is 2.37. The first-order valence-electron chi connectivity index (χ1n) is 6.09. The Morgan fingerprint density at radius 1 is 1.47 bits per heavy atom. The minimum absolute atomic E-state index is 0.00986. The van der Waals surface area contributed by atoms with E-state index in [0.717, 1.165) is 0 Å². The number of nitrogens with one attached hydrogen (secondary N) is 1. The Morgan fingerprint density at radius 2 is 2.26 bits per heavy atom. The number of carbonyl (C=O) groups is 1. The lowest BCUT2D eigenvalue weighted by atomic mass is 10.1. The molecule has 0 radical (unpaired) electrons. The molecule has 0 bridgehead atoms. The van der Waals surface area contributed by atoms with Gasteiger partial charge in [-0.2, -0.15) is 0 Å². The molecular weight excluding hydrogens is 250 g/mol. The van der Waals surface area contributed by atoms with Crippen molar-refractivity contribution in [2.45, 2.75) is 18.9 Å². The molecule has 19 heavy (non-hydrogen) atoms. The summed E-state index contributed by atoms with van der Waals surface area (Å²) in [5, 5.41) is 23.4. The van der Waals surface area contributed by atoms with Gasteiger partial charge in [0, 0.05) is 24.8 Å². The first kappa shape index (κ1) is 11.9. The zero-order valence-corrected chi connectivity index (χ0v) is 10.1. The van der Waals surface area contributed by atoms with Gasteiger partial charge in [0.25, 0.3) is 5.69 Å². The van der Waals surface area contributed by atoms with Crippen LogP contribution < -0.4 is 10.2 Å². The highest BCUT2D eigenvalue weighted by atomic mass is 16.6. The van der Waals surface area contributed by atoms with Gasteiger partial charge in [0.15, 0.2) is 0 Å². The van der Waals surface area contributed by atoms with Gasteiger partial charge in [-0.25, -0.2) is 0 Å². The Bertz CT molecular complexity index is 572. The summed E-state index contributed by atoms with van der Waals surface area (Å²) in [5.41, 5.74) is 1.74. The van der Waals surface area contributed by atoms with E-state index in [-0.39, 0.29) is 18.0 Å². The van der Waals surface area contributed by atoms with E-state index in [2.05, 4.69) is 5.32 Å². The molecule has 2 N–H and O–H groups in total. The van der Waals surface area contributed by atoms with Crippen LogP contribution >= 0.6 is 0 Å². The van der Waals surface area contributed by atoms with Crippen molar-refractivity contribution in [1.82, 2.24) is 0 Å². The van der Waals surface area contributed by atoms with Crippen LogP contribution in [0, 0.1) is 10.1 Å². The molecule has 0 aromatic heterocycles. The summed E-state index contributed by atoms with van der Waals surface area (Å²) in [6, 6.07) is 3.09. The number of amides is 1. The summed E-state index contributed by atoms with van der Waals surface area (Å²) in [7, 11) is 0. The molecule has 2 aliphatic rings. The molecule has 0 spiro atoms. The minimum atomic E-state index is -0.456. The average molecular weight is 263 g/mol. The van der Waals surface area contributed by atoms with Crippen molar-refractivity contribution in [3.63, 3.8) is 0 Å². The Kier molecular flexibility index (Phi) is 2.63. The van der Waals surface area contributed by atoms with E-state index in [1.807, 2.05) is 0 Å². The van der Waals surface area contributed by atoms with E-state index in [1.54, 1.807) is 11.0 Å². The maximum Gasteiger partial charge on any atom is 0.292 e. The van der Waals surface area contributed by atoms with Crippen LogP contribution in [0.15, 0.2) is 12.1 Å². The fraction of sp³-hybridized carbons (Fsp3) is 0.417. The first-order valence-corrected chi connectivity index (χ1v) is 6.09. The number of anilines is 2. The maximum atomic E-state index is 11.3. The number of carbonyl (C=O) groups excluding carboxylic acids is 1. The lowest BCUT2D eigenvalue weighted by molar-refractivity contribution is -0.384. The summed E-state index contributed by atoms with van der Waals surface area (Å²) in [6.45, 7) is 0.961. The molecule has 1 fully saturated rings. The Labute approximate surface area is 109 Å². The normalized spacial score (nSPS) is 21.4. The number of hydrogen-bond acceptors (Lipinski definition) is 5. The second kappa shape index (κ2) is 4.20. The fourth-order valence-electron chi connectivity index (χ4n) is 2.61. The van der Waals surface area contributed by atoms with Crippen LogP contribution in [0.1, 0.15) is 12.0 Å². The van der Waals surface area contributed by atoms with Gasteiger partial charge in [-0.05, 0) is 18.1 Å². The summed E-state index contributed by atoms with van der Waals surface area (Å²) >= 11 is 0. The fourth-order valence-corrected chi connectivity index (χ4v) is 2.61. The number of aliphatic hydroxyl groups is 1. The third-order valence-corrected chi connectivity index (χ3v) is 3.53. The van der Waals surface area contributed by atoms with Crippen LogP contribution in [-0.2, 0) is 11.2 Å². The second-order valence-corrected chi connectivity index (χ2v) is 4.87. The molecule has 7 nitrogen and oxygen atoms in total.